The summed E-state index contributed by atoms with van der Waals surface area (Å²) in [6.45, 7) is 0.0900. The zero-order valence-corrected chi connectivity index (χ0v) is 14.6. The fourth-order valence-corrected chi connectivity index (χ4v) is 3.05. The molecule has 0 spiro atoms. The minimum absolute atomic E-state index is 0.0900. The van der Waals surface area contributed by atoms with Crippen LogP contribution < -0.4 is 10.6 Å². The van der Waals surface area contributed by atoms with Crippen LogP contribution >= 0.6 is 23.2 Å². The monoisotopic (exact) mass is 380 g/mol. The van der Waals surface area contributed by atoms with Crippen LogP contribution in [0, 0.1) is 17.7 Å². The maximum atomic E-state index is 13.5. The Labute approximate surface area is 154 Å². The average Bonchev–Trinajstić information content (AvgIpc) is 3.38. The van der Waals surface area contributed by atoms with E-state index in [1.165, 1.54) is 6.07 Å². The lowest BCUT2D eigenvalue weighted by Crippen LogP contribution is -2.27. The van der Waals surface area contributed by atoms with Crippen LogP contribution in [0.15, 0.2) is 42.5 Å². The summed E-state index contributed by atoms with van der Waals surface area (Å²) < 4.78 is 13.5. The number of benzene rings is 2. The molecule has 3 rings (SSSR count). The van der Waals surface area contributed by atoms with Crippen molar-refractivity contribution in [3.05, 3.63) is 63.9 Å². The van der Waals surface area contributed by atoms with Gasteiger partial charge in [0.2, 0.25) is 11.8 Å². The van der Waals surface area contributed by atoms with Gasteiger partial charge in [-0.2, -0.15) is 0 Å². The van der Waals surface area contributed by atoms with Crippen LogP contribution in [0.3, 0.4) is 0 Å². The molecule has 2 N–H and O–H groups in total. The van der Waals surface area contributed by atoms with Gasteiger partial charge < -0.3 is 10.6 Å². The standard InChI is InChI=1S/C18H15Cl2FN2O2/c19-13-5-3-6-14(20)16(13)23-18(25)12-8-11(12)17(24)22-9-10-4-1-2-7-15(10)21/h1-7,11-12H,8-9H2,(H,22,24)(H,23,25). The van der Waals surface area contributed by atoms with Crippen LogP contribution in [0.4, 0.5) is 10.1 Å². The number of carbonyl (C=O) groups is 2. The van der Waals surface area contributed by atoms with Crippen molar-refractivity contribution in [2.24, 2.45) is 11.8 Å². The van der Waals surface area contributed by atoms with Crippen molar-refractivity contribution in [2.45, 2.75) is 13.0 Å². The molecule has 1 aliphatic carbocycles. The molecule has 2 amide bonds. The number of rotatable bonds is 5. The highest BCUT2D eigenvalue weighted by Crippen LogP contribution is 2.40. The Kier molecular flexibility index (Phi) is 5.25. The highest BCUT2D eigenvalue weighted by Gasteiger charge is 2.48. The Hall–Kier alpha value is -2.11. The fraction of sp³-hybridized carbons (Fsp3) is 0.222. The van der Waals surface area contributed by atoms with E-state index in [9.17, 15) is 14.0 Å². The molecule has 0 bridgehead atoms. The third kappa shape index (κ3) is 4.11. The molecule has 0 heterocycles. The molecule has 1 aliphatic rings. The van der Waals surface area contributed by atoms with Crippen molar-refractivity contribution >= 4 is 40.7 Å². The van der Waals surface area contributed by atoms with Gasteiger partial charge >= 0.3 is 0 Å². The second-order valence-corrected chi connectivity index (χ2v) is 6.66. The smallest absolute Gasteiger partial charge is 0.228 e. The number of para-hydroxylation sites is 1. The Morgan fingerprint density at radius 3 is 2.32 bits per heavy atom. The third-order valence-electron chi connectivity index (χ3n) is 4.09. The van der Waals surface area contributed by atoms with Crippen molar-refractivity contribution in [1.29, 1.82) is 0 Å². The van der Waals surface area contributed by atoms with E-state index in [1.54, 1.807) is 36.4 Å². The molecule has 25 heavy (non-hydrogen) atoms. The van der Waals surface area contributed by atoms with E-state index in [1.807, 2.05) is 0 Å². The first-order valence-electron chi connectivity index (χ1n) is 7.73. The first kappa shape index (κ1) is 17.7. The summed E-state index contributed by atoms with van der Waals surface area (Å²) in [5.41, 5.74) is 0.744. The molecule has 0 saturated heterocycles. The molecular weight excluding hydrogens is 366 g/mol. The minimum atomic E-state index is -0.437. The Balaban J connectivity index is 1.54. The van der Waals surface area contributed by atoms with Crippen LogP contribution in [0.1, 0.15) is 12.0 Å². The molecule has 2 aromatic rings. The maximum absolute atomic E-state index is 13.5. The van der Waals surface area contributed by atoms with Gasteiger partial charge in [0.15, 0.2) is 0 Å². The number of hydrogen-bond acceptors (Lipinski definition) is 2. The van der Waals surface area contributed by atoms with Crippen molar-refractivity contribution in [2.75, 3.05) is 5.32 Å². The second kappa shape index (κ2) is 7.42. The Morgan fingerprint density at radius 1 is 1.00 bits per heavy atom. The first-order valence-corrected chi connectivity index (χ1v) is 8.49. The summed E-state index contributed by atoms with van der Waals surface area (Å²) in [7, 11) is 0. The number of hydrogen-bond donors (Lipinski definition) is 2. The number of nitrogens with one attached hydrogen (secondary N) is 2. The quantitative estimate of drug-likeness (QED) is 0.822. The first-order chi connectivity index (χ1) is 12.0. The normalized spacial score (nSPS) is 18.5. The summed E-state index contributed by atoms with van der Waals surface area (Å²) in [5.74, 6) is -1.81. The zero-order chi connectivity index (χ0) is 18.0. The van der Waals surface area contributed by atoms with Crippen LogP contribution in [-0.2, 0) is 16.1 Å². The van der Waals surface area contributed by atoms with Gasteiger partial charge in [-0.1, -0.05) is 47.5 Å². The van der Waals surface area contributed by atoms with Gasteiger partial charge in [0, 0.05) is 12.1 Å². The summed E-state index contributed by atoms with van der Waals surface area (Å²) in [5, 5.41) is 6.00. The van der Waals surface area contributed by atoms with Crippen molar-refractivity contribution in [3.63, 3.8) is 0 Å². The van der Waals surface area contributed by atoms with Crippen molar-refractivity contribution < 1.29 is 14.0 Å². The molecular formula is C18H15Cl2FN2O2. The lowest BCUT2D eigenvalue weighted by Gasteiger charge is -2.09. The van der Waals surface area contributed by atoms with E-state index in [-0.39, 0.29) is 24.2 Å². The number of anilines is 1. The molecule has 4 nitrogen and oxygen atoms in total. The van der Waals surface area contributed by atoms with Gasteiger partial charge in [0.1, 0.15) is 5.82 Å². The third-order valence-corrected chi connectivity index (χ3v) is 4.72. The van der Waals surface area contributed by atoms with E-state index in [2.05, 4.69) is 10.6 Å². The summed E-state index contributed by atoms with van der Waals surface area (Å²) in [4.78, 5) is 24.4. The molecule has 2 aromatic carbocycles. The summed E-state index contributed by atoms with van der Waals surface area (Å²) >= 11 is 12.0. The topological polar surface area (TPSA) is 58.2 Å². The molecule has 1 fully saturated rings. The molecule has 1 saturated carbocycles. The van der Waals surface area contributed by atoms with Crippen LogP contribution in [-0.4, -0.2) is 11.8 Å². The predicted octanol–water partition coefficient (Wildman–Crippen LogP) is 4.02. The lowest BCUT2D eigenvalue weighted by atomic mass is 10.2. The van der Waals surface area contributed by atoms with Gasteiger partial charge in [-0.3, -0.25) is 9.59 Å². The molecule has 7 heteroatoms. The predicted molar refractivity (Wildman–Crippen MR) is 94.9 cm³/mol. The van der Waals surface area contributed by atoms with Crippen LogP contribution in [0.2, 0.25) is 10.0 Å². The van der Waals surface area contributed by atoms with Crippen molar-refractivity contribution in [3.8, 4) is 0 Å². The van der Waals surface area contributed by atoms with E-state index >= 15 is 0 Å². The average molecular weight is 381 g/mol. The number of amides is 2. The Morgan fingerprint density at radius 2 is 1.64 bits per heavy atom. The minimum Gasteiger partial charge on any atom is -0.352 e. The van der Waals surface area contributed by atoms with Crippen molar-refractivity contribution in [1.82, 2.24) is 5.32 Å². The van der Waals surface area contributed by atoms with Gasteiger partial charge in [0.25, 0.3) is 0 Å². The van der Waals surface area contributed by atoms with Crippen LogP contribution in [0.5, 0.6) is 0 Å². The molecule has 0 aliphatic heterocycles. The largest absolute Gasteiger partial charge is 0.352 e. The highest BCUT2D eigenvalue weighted by molar-refractivity contribution is 6.39. The summed E-state index contributed by atoms with van der Waals surface area (Å²) in [6.07, 6.45) is 0.441. The summed E-state index contributed by atoms with van der Waals surface area (Å²) in [6, 6.07) is 11.1. The molecule has 2 unspecified atom stereocenters. The molecule has 0 radical (unpaired) electrons. The SMILES string of the molecule is O=C(NCc1ccccc1F)C1CC1C(=O)Nc1c(Cl)cccc1Cl. The Bertz CT molecular complexity index is 808. The van der Waals surface area contributed by atoms with E-state index in [0.29, 0.717) is 27.7 Å². The van der Waals surface area contributed by atoms with E-state index in [0.717, 1.165) is 0 Å². The lowest BCUT2D eigenvalue weighted by molar-refractivity contribution is -0.125. The van der Waals surface area contributed by atoms with Gasteiger partial charge in [-0.25, -0.2) is 4.39 Å². The maximum Gasteiger partial charge on any atom is 0.228 e. The van der Waals surface area contributed by atoms with Gasteiger partial charge in [0.05, 0.1) is 27.6 Å². The van der Waals surface area contributed by atoms with E-state index < -0.39 is 11.8 Å². The number of halogens is 3. The van der Waals surface area contributed by atoms with Crippen LogP contribution in [0.25, 0.3) is 0 Å². The zero-order valence-electron chi connectivity index (χ0n) is 13.1. The van der Waals surface area contributed by atoms with Gasteiger partial charge in [-0.05, 0) is 24.6 Å². The van der Waals surface area contributed by atoms with E-state index in [4.69, 9.17) is 23.2 Å². The molecule has 2 atom stereocenters. The van der Waals surface area contributed by atoms with Gasteiger partial charge in [-0.15, -0.1) is 0 Å². The molecule has 130 valence electrons. The second-order valence-electron chi connectivity index (χ2n) is 5.84. The highest BCUT2D eigenvalue weighted by atomic mass is 35.5. The molecule has 0 aromatic heterocycles. The number of carbonyl (C=O) groups excluding carboxylic acids is 2. The fourth-order valence-electron chi connectivity index (χ4n) is 2.56.